The number of rotatable bonds is 9. The summed E-state index contributed by atoms with van der Waals surface area (Å²) in [5.74, 6) is -0.419. The molecule has 4 aromatic rings. The number of imidazole rings is 1. The van der Waals surface area contributed by atoms with Crippen molar-refractivity contribution in [2.45, 2.75) is 57.9 Å². The number of aromatic amines is 1. The molecule has 0 radical (unpaired) electrons. The van der Waals surface area contributed by atoms with Gasteiger partial charge in [-0.05, 0) is 43.0 Å². The lowest BCUT2D eigenvalue weighted by atomic mass is 10.0. The van der Waals surface area contributed by atoms with Crippen molar-refractivity contribution in [2.75, 3.05) is 25.1 Å². The van der Waals surface area contributed by atoms with Gasteiger partial charge in [0.2, 0.25) is 0 Å². The standard InChI is InChI=1S/C28H30F4N8O/c1-18-20(2-3-24-23(18)10-22(12-33)39(24)16-19-13-35-36-14-19)17-38-8-5-21(6-9-38)40-25(4-7-28(30,31)32)34-15-26(40)37-27(41)11-29/h2-3,10,13-15,21H,4-9,11,16-17H2,1H3,(H,35,36)(H,37,41). The monoisotopic (exact) mass is 570 g/mol. The Labute approximate surface area is 233 Å². The fourth-order valence-electron chi connectivity index (χ4n) is 5.59. The van der Waals surface area contributed by atoms with Crippen molar-refractivity contribution < 1.29 is 22.4 Å². The summed E-state index contributed by atoms with van der Waals surface area (Å²) < 4.78 is 55.2. The van der Waals surface area contributed by atoms with Crippen LogP contribution in [0.2, 0.25) is 0 Å². The summed E-state index contributed by atoms with van der Waals surface area (Å²) in [6.07, 6.45) is 0.424. The van der Waals surface area contributed by atoms with Crippen LogP contribution in [0.4, 0.5) is 23.4 Å². The summed E-state index contributed by atoms with van der Waals surface area (Å²) in [5, 5.41) is 20.0. The number of piperidine rings is 1. The Bertz CT molecular complexity index is 1560. The van der Waals surface area contributed by atoms with Gasteiger partial charge in [-0.2, -0.15) is 23.5 Å². The van der Waals surface area contributed by atoms with Crippen molar-refractivity contribution in [2.24, 2.45) is 0 Å². The minimum absolute atomic E-state index is 0.175. The number of nitriles is 1. The number of aromatic nitrogens is 5. The van der Waals surface area contributed by atoms with Crippen LogP contribution >= 0.6 is 0 Å². The zero-order chi connectivity index (χ0) is 29.1. The minimum atomic E-state index is -4.34. The molecule has 13 heteroatoms. The Morgan fingerprint density at radius 1 is 1.22 bits per heavy atom. The molecule has 0 unspecified atom stereocenters. The number of carbonyl (C=O) groups is 1. The number of benzene rings is 1. The number of nitrogens with zero attached hydrogens (tertiary/aromatic N) is 6. The largest absolute Gasteiger partial charge is 0.389 e. The summed E-state index contributed by atoms with van der Waals surface area (Å²) in [6, 6.07) is 8.13. The molecule has 2 N–H and O–H groups in total. The molecule has 5 rings (SSSR count). The van der Waals surface area contributed by atoms with Gasteiger partial charge in [-0.15, -0.1) is 0 Å². The van der Waals surface area contributed by atoms with E-state index in [1.54, 1.807) is 17.0 Å². The SMILES string of the molecule is Cc1c(CN2CCC(n3c(NC(=O)CF)cnc3CCC(F)(F)F)CC2)ccc2c1cc(C#N)n2Cc1cn[nH]c1. The average molecular weight is 571 g/mol. The molecule has 216 valence electrons. The van der Waals surface area contributed by atoms with Crippen molar-refractivity contribution in [1.29, 1.82) is 5.26 Å². The van der Waals surface area contributed by atoms with Gasteiger partial charge in [-0.3, -0.25) is 14.8 Å². The van der Waals surface area contributed by atoms with E-state index in [0.29, 0.717) is 44.7 Å². The van der Waals surface area contributed by atoms with Crippen LogP contribution in [0.15, 0.2) is 36.8 Å². The number of H-pyrrole nitrogens is 1. The summed E-state index contributed by atoms with van der Waals surface area (Å²) in [5.41, 5.74) is 4.73. The molecule has 1 aromatic carbocycles. The highest BCUT2D eigenvalue weighted by Gasteiger charge is 2.30. The van der Waals surface area contributed by atoms with Crippen LogP contribution in [-0.4, -0.2) is 61.1 Å². The second-order valence-electron chi connectivity index (χ2n) is 10.4. The van der Waals surface area contributed by atoms with Crippen molar-refractivity contribution in [1.82, 2.24) is 29.2 Å². The maximum atomic E-state index is 12.9. The van der Waals surface area contributed by atoms with E-state index in [2.05, 4.69) is 37.5 Å². The van der Waals surface area contributed by atoms with Crippen molar-refractivity contribution in [3.63, 3.8) is 0 Å². The Morgan fingerprint density at radius 2 is 2.00 bits per heavy atom. The molecule has 0 atom stereocenters. The van der Waals surface area contributed by atoms with Crippen LogP contribution in [0.3, 0.4) is 0 Å². The third-order valence-electron chi connectivity index (χ3n) is 7.69. The van der Waals surface area contributed by atoms with Gasteiger partial charge in [0.05, 0.1) is 25.4 Å². The zero-order valence-electron chi connectivity index (χ0n) is 22.5. The number of carbonyl (C=O) groups excluding carboxylic acids is 1. The fraction of sp³-hybridized carbons (Fsp3) is 0.429. The summed E-state index contributed by atoms with van der Waals surface area (Å²) >= 11 is 0. The topological polar surface area (TPSA) is 108 Å². The average Bonchev–Trinajstić information content (AvgIpc) is 3.69. The van der Waals surface area contributed by atoms with Gasteiger partial charge in [-0.1, -0.05) is 6.07 Å². The molecule has 9 nitrogen and oxygen atoms in total. The molecule has 41 heavy (non-hydrogen) atoms. The van der Waals surface area contributed by atoms with E-state index in [4.69, 9.17) is 0 Å². The van der Waals surface area contributed by atoms with Gasteiger partial charge >= 0.3 is 6.18 Å². The number of nitrogens with one attached hydrogen (secondary N) is 2. The predicted octanol–water partition coefficient (Wildman–Crippen LogP) is 5.03. The van der Waals surface area contributed by atoms with Crippen LogP contribution in [-0.2, 0) is 24.3 Å². The predicted molar refractivity (Wildman–Crippen MR) is 144 cm³/mol. The van der Waals surface area contributed by atoms with Crippen LogP contribution in [0.1, 0.15) is 53.5 Å². The van der Waals surface area contributed by atoms with E-state index in [9.17, 15) is 27.6 Å². The first-order chi connectivity index (χ1) is 19.7. The van der Waals surface area contributed by atoms with Gasteiger partial charge in [0.25, 0.3) is 5.91 Å². The third kappa shape index (κ3) is 6.27. The maximum absolute atomic E-state index is 12.9. The molecule has 4 heterocycles. The number of likely N-dealkylation sites (tertiary alicyclic amines) is 1. The minimum Gasteiger partial charge on any atom is -0.328 e. The Kier molecular flexibility index (Phi) is 8.12. The number of alkyl halides is 4. The number of fused-ring (bicyclic) bond motifs is 1. The van der Waals surface area contributed by atoms with Gasteiger partial charge in [0.1, 0.15) is 23.4 Å². The normalized spacial score (nSPS) is 14.9. The highest BCUT2D eigenvalue weighted by molar-refractivity contribution is 5.90. The lowest BCUT2D eigenvalue weighted by Crippen LogP contribution is -2.35. The summed E-state index contributed by atoms with van der Waals surface area (Å²) in [4.78, 5) is 18.1. The van der Waals surface area contributed by atoms with E-state index in [0.717, 1.165) is 27.6 Å². The van der Waals surface area contributed by atoms with E-state index in [1.165, 1.54) is 6.20 Å². The molecule has 1 fully saturated rings. The highest BCUT2D eigenvalue weighted by atomic mass is 19.4. The summed E-state index contributed by atoms with van der Waals surface area (Å²) in [7, 11) is 0. The number of hydrogen-bond acceptors (Lipinski definition) is 5. The van der Waals surface area contributed by atoms with E-state index >= 15 is 0 Å². The number of anilines is 1. The molecule has 1 aliphatic heterocycles. The highest BCUT2D eigenvalue weighted by Crippen LogP contribution is 2.32. The molecular weight excluding hydrogens is 540 g/mol. The fourth-order valence-corrected chi connectivity index (χ4v) is 5.59. The Balaban J connectivity index is 1.31. The van der Waals surface area contributed by atoms with Crippen LogP contribution in [0.25, 0.3) is 10.9 Å². The first-order valence-electron chi connectivity index (χ1n) is 13.4. The van der Waals surface area contributed by atoms with E-state index in [-0.39, 0.29) is 24.1 Å². The van der Waals surface area contributed by atoms with Crippen molar-refractivity contribution >= 4 is 22.6 Å². The lowest BCUT2D eigenvalue weighted by Gasteiger charge is -2.34. The Morgan fingerprint density at radius 3 is 2.66 bits per heavy atom. The van der Waals surface area contributed by atoms with Crippen LogP contribution in [0, 0.1) is 18.3 Å². The van der Waals surface area contributed by atoms with E-state index in [1.807, 2.05) is 23.6 Å². The quantitative estimate of drug-likeness (QED) is 0.275. The third-order valence-corrected chi connectivity index (χ3v) is 7.69. The molecule has 0 bridgehead atoms. The van der Waals surface area contributed by atoms with E-state index < -0.39 is 25.2 Å². The van der Waals surface area contributed by atoms with Crippen molar-refractivity contribution in [3.8, 4) is 6.07 Å². The molecule has 1 amide bonds. The van der Waals surface area contributed by atoms with Crippen LogP contribution < -0.4 is 5.32 Å². The molecule has 1 aliphatic rings. The number of aryl methyl sites for hydroxylation is 2. The first kappa shape index (κ1) is 28.4. The van der Waals surface area contributed by atoms with Crippen LogP contribution in [0.5, 0.6) is 0 Å². The lowest BCUT2D eigenvalue weighted by molar-refractivity contribution is -0.134. The van der Waals surface area contributed by atoms with Gasteiger partial charge < -0.3 is 14.5 Å². The maximum Gasteiger partial charge on any atom is 0.389 e. The zero-order valence-corrected chi connectivity index (χ0v) is 22.5. The number of hydrogen-bond donors (Lipinski definition) is 2. The van der Waals surface area contributed by atoms with Crippen molar-refractivity contribution in [3.05, 3.63) is 65.0 Å². The first-order valence-corrected chi connectivity index (χ1v) is 13.4. The Hall–Kier alpha value is -4.18. The number of amides is 1. The molecule has 0 spiro atoms. The van der Waals surface area contributed by atoms with Gasteiger partial charge in [-0.25, -0.2) is 9.37 Å². The summed E-state index contributed by atoms with van der Waals surface area (Å²) in [6.45, 7) is 3.39. The smallest absolute Gasteiger partial charge is 0.328 e. The number of halogens is 4. The molecular formula is C28H30F4N8O. The molecule has 1 saturated heterocycles. The van der Waals surface area contributed by atoms with Gasteiger partial charge in [0, 0.05) is 54.8 Å². The molecule has 0 aliphatic carbocycles. The van der Waals surface area contributed by atoms with Gasteiger partial charge in [0.15, 0.2) is 6.67 Å². The molecule has 0 saturated carbocycles. The second-order valence-corrected chi connectivity index (χ2v) is 10.4. The molecule has 3 aromatic heterocycles. The second kappa shape index (κ2) is 11.7.